The van der Waals surface area contributed by atoms with E-state index >= 15 is 0 Å². The molecule has 0 aromatic heterocycles. The predicted molar refractivity (Wildman–Crippen MR) is 115 cm³/mol. The van der Waals surface area contributed by atoms with Crippen molar-refractivity contribution in [2.75, 3.05) is 4.72 Å². The highest BCUT2D eigenvalue weighted by Gasteiger charge is 2.18. The first-order valence-corrected chi connectivity index (χ1v) is 10.6. The molecule has 0 bridgehead atoms. The van der Waals surface area contributed by atoms with Gasteiger partial charge in [-0.1, -0.05) is 47.5 Å². The molecule has 6 nitrogen and oxygen atoms in total. The van der Waals surface area contributed by atoms with Gasteiger partial charge >= 0.3 is 0 Å². The van der Waals surface area contributed by atoms with E-state index in [1.807, 2.05) is 0 Å². The van der Waals surface area contributed by atoms with Crippen molar-refractivity contribution in [3.8, 4) is 0 Å². The van der Waals surface area contributed by atoms with E-state index in [4.69, 9.17) is 23.2 Å². The summed E-state index contributed by atoms with van der Waals surface area (Å²) in [6.45, 7) is 0. The smallest absolute Gasteiger partial charge is 0.273 e. The maximum Gasteiger partial charge on any atom is 0.273 e. The van der Waals surface area contributed by atoms with Crippen molar-refractivity contribution in [3.05, 3.63) is 94.0 Å². The second-order valence-corrected chi connectivity index (χ2v) is 8.41. The molecule has 148 valence electrons. The van der Waals surface area contributed by atoms with Crippen molar-refractivity contribution in [3.63, 3.8) is 0 Å². The molecule has 0 aliphatic rings. The van der Waals surface area contributed by atoms with Crippen LogP contribution in [0.15, 0.2) is 82.8 Å². The number of hydrogen-bond donors (Lipinski definition) is 2. The summed E-state index contributed by atoms with van der Waals surface area (Å²) in [5.41, 5.74) is 3.32. The molecule has 3 rings (SSSR count). The third kappa shape index (κ3) is 5.57. The molecule has 29 heavy (non-hydrogen) atoms. The number of carbonyl (C=O) groups excluding carboxylic acids is 1. The van der Waals surface area contributed by atoms with Crippen LogP contribution in [0.2, 0.25) is 10.0 Å². The molecule has 0 heterocycles. The number of para-hydroxylation sites is 1. The molecule has 0 aliphatic carbocycles. The monoisotopic (exact) mass is 447 g/mol. The Hall–Kier alpha value is -2.87. The first-order chi connectivity index (χ1) is 13.8. The second kappa shape index (κ2) is 9.09. The molecule has 0 spiro atoms. The third-order valence-electron chi connectivity index (χ3n) is 3.77. The largest absolute Gasteiger partial charge is 0.279 e. The number of nitrogens with zero attached hydrogens (tertiary/aromatic N) is 1. The highest BCUT2D eigenvalue weighted by molar-refractivity contribution is 7.92. The summed E-state index contributed by atoms with van der Waals surface area (Å²) in [5, 5.41) is 4.85. The molecule has 0 aliphatic heterocycles. The van der Waals surface area contributed by atoms with Crippen LogP contribution >= 0.6 is 23.2 Å². The lowest BCUT2D eigenvalue weighted by molar-refractivity contribution is 0.0956. The first kappa shape index (κ1) is 20.9. The van der Waals surface area contributed by atoms with Crippen LogP contribution in [0.4, 0.5) is 5.69 Å². The van der Waals surface area contributed by atoms with Crippen LogP contribution < -0.4 is 10.1 Å². The third-order valence-corrected chi connectivity index (χ3v) is 5.64. The lowest BCUT2D eigenvalue weighted by atomic mass is 10.2. The maximum absolute atomic E-state index is 12.6. The van der Waals surface area contributed by atoms with Gasteiger partial charge < -0.3 is 0 Å². The van der Waals surface area contributed by atoms with E-state index in [1.165, 1.54) is 42.6 Å². The predicted octanol–water partition coefficient (Wildman–Crippen LogP) is 4.56. The number of anilines is 1. The van der Waals surface area contributed by atoms with E-state index < -0.39 is 15.9 Å². The zero-order valence-electron chi connectivity index (χ0n) is 14.8. The number of hydrogen-bond acceptors (Lipinski definition) is 4. The topological polar surface area (TPSA) is 87.6 Å². The molecule has 3 aromatic rings. The van der Waals surface area contributed by atoms with E-state index in [-0.39, 0.29) is 16.1 Å². The first-order valence-electron chi connectivity index (χ1n) is 8.31. The van der Waals surface area contributed by atoms with Crippen LogP contribution in [0.3, 0.4) is 0 Å². The lowest BCUT2D eigenvalue weighted by Crippen LogP contribution is -2.21. The summed E-state index contributed by atoms with van der Waals surface area (Å²) in [7, 11) is -3.90. The van der Waals surface area contributed by atoms with E-state index in [1.54, 1.807) is 36.4 Å². The molecule has 2 N–H and O–H groups in total. The minimum Gasteiger partial charge on any atom is -0.279 e. The molecule has 0 saturated heterocycles. The average Bonchev–Trinajstić information content (AvgIpc) is 2.68. The van der Waals surface area contributed by atoms with Crippen LogP contribution in [0.1, 0.15) is 15.9 Å². The molecular formula is C20H15Cl2N3O3S. The molecular weight excluding hydrogens is 433 g/mol. The Morgan fingerprint density at radius 1 is 0.897 bits per heavy atom. The summed E-state index contributed by atoms with van der Waals surface area (Å²) < 4.78 is 27.6. The molecule has 0 atom stereocenters. The fraction of sp³-hybridized carbons (Fsp3) is 0. The second-order valence-electron chi connectivity index (χ2n) is 5.86. The molecule has 1 amide bonds. The number of benzene rings is 3. The van der Waals surface area contributed by atoms with Crippen LogP contribution in [-0.4, -0.2) is 20.5 Å². The SMILES string of the molecule is O=C(N/N=C\c1cccc(Cl)c1)c1ccccc1NS(=O)(=O)c1ccc(Cl)cc1. The molecule has 9 heteroatoms. The van der Waals surface area contributed by atoms with Crippen molar-refractivity contribution in [2.24, 2.45) is 5.10 Å². The van der Waals surface area contributed by atoms with Gasteiger partial charge in [0.05, 0.1) is 22.4 Å². The highest BCUT2D eigenvalue weighted by atomic mass is 35.5. The summed E-state index contributed by atoms with van der Waals surface area (Å²) in [4.78, 5) is 12.5. The fourth-order valence-electron chi connectivity index (χ4n) is 2.40. The number of hydrazone groups is 1. The number of sulfonamides is 1. The Morgan fingerprint density at radius 2 is 1.62 bits per heavy atom. The van der Waals surface area contributed by atoms with Crippen molar-refractivity contribution >= 4 is 51.0 Å². The van der Waals surface area contributed by atoms with Crippen molar-refractivity contribution in [1.29, 1.82) is 0 Å². The Kier molecular flexibility index (Phi) is 6.53. The van der Waals surface area contributed by atoms with Crippen LogP contribution in [0, 0.1) is 0 Å². The molecule has 0 unspecified atom stereocenters. The normalized spacial score (nSPS) is 11.4. The molecule has 0 saturated carbocycles. The number of amides is 1. The van der Waals surface area contributed by atoms with Gasteiger partial charge in [-0.05, 0) is 54.1 Å². The Bertz CT molecular complexity index is 1160. The van der Waals surface area contributed by atoms with Gasteiger partial charge in [0.1, 0.15) is 0 Å². The summed E-state index contributed by atoms with van der Waals surface area (Å²) >= 11 is 11.7. The standard InChI is InChI=1S/C20H15Cl2N3O3S/c21-15-8-10-17(11-9-15)29(27,28)25-19-7-2-1-6-18(19)20(26)24-23-13-14-4-3-5-16(22)12-14/h1-13,25H,(H,24,26)/b23-13-. The average molecular weight is 448 g/mol. The highest BCUT2D eigenvalue weighted by Crippen LogP contribution is 2.21. The molecule has 0 fully saturated rings. The number of nitrogens with one attached hydrogen (secondary N) is 2. The Labute approximate surface area is 178 Å². The summed E-state index contributed by atoms with van der Waals surface area (Å²) in [6.07, 6.45) is 1.43. The van der Waals surface area contributed by atoms with Gasteiger partial charge in [-0.25, -0.2) is 13.8 Å². The van der Waals surface area contributed by atoms with Crippen LogP contribution in [0.25, 0.3) is 0 Å². The van der Waals surface area contributed by atoms with Gasteiger partial charge in [-0.3, -0.25) is 9.52 Å². The zero-order chi connectivity index (χ0) is 20.9. The van der Waals surface area contributed by atoms with Gasteiger partial charge in [0.2, 0.25) is 0 Å². The number of rotatable bonds is 6. The summed E-state index contributed by atoms with van der Waals surface area (Å²) in [5.74, 6) is -0.572. The van der Waals surface area contributed by atoms with E-state index in [2.05, 4.69) is 15.2 Å². The van der Waals surface area contributed by atoms with Crippen LogP contribution in [-0.2, 0) is 10.0 Å². The van der Waals surface area contributed by atoms with E-state index in [0.29, 0.717) is 15.6 Å². The van der Waals surface area contributed by atoms with Crippen molar-refractivity contribution < 1.29 is 13.2 Å². The quantitative estimate of drug-likeness (QED) is 0.428. The molecule has 0 radical (unpaired) electrons. The number of halogens is 2. The van der Waals surface area contributed by atoms with Crippen LogP contribution in [0.5, 0.6) is 0 Å². The minimum atomic E-state index is -3.90. The van der Waals surface area contributed by atoms with E-state index in [9.17, 15) is 13.2 Å². The zero-order valence-corrected chi connectivity index (χ0v) is 17.2. The van der Waals surface area contributed by atoms with Crippen molar-refractivity contribution in [2.45, 2.75) is 4.90 Å². The van der Waals surface area contributed by atoms with Gasteiger partial charge in [-0.15, -0.1) is 0 Å². The molecule has 3 aromatic carbocycles. The van der Waals surface area contributed by atoms with Crippen molar-refractivity contribution in [1.82, 2.24) is 5.43 Å². The minimum absolute atomic E-state index is 0.0242. The van der Waals surface area contributed by atoms with Gasteiger partial charge in [0.25, 0.3) is 15.9 Å². The lowest BCUT2D eigenvalue weighted by Gasteiger charge is -2.11. The fourth-order valence-corrected chi connectivity index (χ4v) is 3.80. The Balaban J connectivity index is 1.77. The maximum atomic E-state index is 12.6. The Morgan fingerprint density at radius 3 is 2.34 bits per heavy atom. The van der Waals surface area contributed by atoms with Gasteiger partial charge in [-0.2, -0.15) is 5.10 Å². The van der Waals surface area contributed by atoms with Gasteiger partial charge in [0.15, 0.2) is 0 Å². The summed E-state index contributed by atoms with van der Waals surface area (Å²) in [6, 6.07) is 18.9. The number of carbonyl (C=O) groups is 1. The van der Waals surface area contributed by atoms with Gasteiger partial charge in [0, 0.05) is 10.0 Å². The van der Waals surface area contributed by atoms with E-state index in [0.717, 1.165) is 0 Å².